The summed E-state index contributed by atoms with van der Waals surface area (Å²) in [4.78, 5) is 14.2. The highest BCUT2D eigenvalue weighted by atomic mass is 19.3. The third-order valence-corrected chi connectivity index (χ3v) is 5.03. The molecule has 0 saturated carbocycles. The zero-order valence-corrected chi connectivity index (χ0v) is 16.0. The number of methoxy groups -OCH3 is 2. The standard InChI is InChI=1S/C18H20F2N6O2/c1-17(2)9-25(10-18(17,19)20)13-7-12(24-26-6-5-21-14(13)26)11-8-22-16(28-4)23-15(11)27-3/h5-8H,9-10H2,1-4H3. The second kappa shape index (κ2) is 6.25. The summed E-state index contributed by atoms with van der Waals surface area (Å²) in [6.45, 7) is 2.95. The van der Waals surface area contributed by atoms with Crippen LogP contribution < -0.4 is 14.4 Å². The van der Waals surface area contributed by atoms with Crippen LogP contribution in [0.5, 0.6) is 11.9 Å². The van der Waals surface area contributed by atoms with Gasteiger partial charge in [0.05, 0.1) is 32.0 Å². The third kappa shape index (κ3) is 2.79. The summed E-state index contributed by atoms with van der Waals surface area (Å²) in [6.07, 6.45) is 4.78. The minimum absolute atomic E-state index is 0.158. The van der Waals surface area contributed by atoms with Gasteiger partial charge in [0, 0.05) is 30.6 Å². The number of hydrogen-bond donors (Lipinski definition) is 0. The molecule has 1 aliphatic rings. The first-order valence-corrected chi connectivity index (χ1v) is 8.68. The lowest BCUT2D eigenvalue weighted by atomic mass is 9.89. The fourth-order valence-corrected chi connectivity index (χ4v) is 3.32. The molecule has 0 radical (unpaired) electrons. The first-order chi connectivity index (χ1) is 13.3. The molecule has 0 aliphatic carbocycles. The molecule has 3 aromatic rings. The lowest BCUT2D eigenvalue weighted by Gasteiger charge is -2.24. The third-order valence-electron chi connectivity index (χ3n) is 5.03. The van der Waals surface area contributed by atoms with Crippen molar-refractivity contribution in [2.45, 2.75) is 19.8 Å². The van der Waals surface area contributed by atoms with Crippen molar-refractivity contribution >= 4 is 11.3 Å². The van der Waals surface area contributed by atoms with Crippen LogP contribution in [0.1, 0.15) is 13.8 Å². The van der Waals surface area contributed by atoms with Gasteiger partial charge in [0.1, 0.15) is 5.69 Å². The number of hydrogen-bond acceptors (Lipinski definition) is 7. The molecule has 4 rings (SSSR count). The van der Waals surface area contributed by atoms with Crippen molar-refractivity contribution in [2.24, 2.45) is 5.41 Å². The van der Waals surface area contributed by atoms with E-state index in [1.165, 1.54) is 20.4 Å². The van der Waals surface area contributed by atoms with Crippen molar-refractivity contribution in [1.82, 2.24) is 24.6 Å². The zero-order chi connectivity index (χ0) is 20.1. The number of aromatic nitrogens is 5. The SMILES string of the molecule is COc1ncc(-c2cc(N3CC(C)(C)C(F)(F)C3)c3nccn3n2)c(OC)n1. The number of imidazole rings is 1. The summed E-state index contributed by atoms with van der Waals surface area (Å²) < 4.78 is 40.9. The van der Waals surface area contributed by atoms with Gasteiger partial charge in [-0.1, -0.05) is 13.8 Å². The van der Waals surface area contributed by atoms with Gasteiger partial charge in [-0.15, -0.1) is 0 Å². The molecule has 0 amide bonds. The first-order valence-electron chi connectivity index (χ1n) is 8.68. The fourth-order valence-electron chi connectivity index (χ4n) is 3.32. The van der Waals surface area contributed by atoms with Crippen molar-refractivity contribution in [3.8, 4) is 23.1 Å². The maximum atomic E-state index is 14.5. The van der Waals surface area contributed by atoms with Crippen molar-refractivity contribution < 1.29 is 18.3 Å². The number of fused-ring (bicyclic) bond motifs is 1. The van der Waals surface area contributed by atoms with Gasteiger partial charge in [0.2, 0.25) is 5.88 Å². The van der Waals surface area contributed by atoms with Crippen molar-refractivity contribution in [3.05, 3.63) is 24.7 Å². The highest BCUT2D eigenvalue weighted by molar-refractivity contribution is 5.76. The van der Waals surface area contributed by atoms with Gasteiger partial charge < -0.3 is 14.4 Å². The van der Waals surface area contributed by atoms with Crippen molar-refractivity contribution in [3.63, 3.8) is 0 Å². The van der Waals surface area contributed by atoms with E-state index in [1.54, 1.807) is 41.7 Å². The van der Waals surface area contributed by atoms with Crippen LogP contribution in [0.15, 0.2) is 24.7 Å². The predicted octanol–water partition coefficient (Wildman–Crippen LogP) is 2.69. The molecular weight excluding hydrogens is 370 g/mol. The quantitative estimate of drug-likeness (QED) is 0.678. The molecule has 1 aliphatic heterocycles. The number of halogens is 2. The molecule has 0 unspecified atom stereocenters. The molecular formula is C18H20F2N6O2. The van der Waals surface area contributed by atoms with Crippen LogP contribution >= 0.6 is 0 Å². The van der Waals surface area contributed by atoms with Gasteiger partial charge >= 0.3 is 6.01 Å². The van der Waals surface area contributed by atoms with Gasteiger partial charge in [0.15, 0.2) is 5.65 Å². The molecule has 0 bridgehead atoms. The average molecular weight is 390 g/mol. The Bertz CT molecular complexity index is 1020. The maximum Gasteiger partial charge on any atom is 0.319 e. The number of anilines is 1. The molecule has 3 aromatic heterocycles. The number of alkyl halides is 2. The maximum absolute atomic E-state index is 14.5. The number of nitrogens with zero attached hydrogens (tertiary/aromatic N) is 6. The highest BCUT2D eigenvalue weighted by Crippen LogP contribution is 2.45. The molecule has 4 heterocycles. The second-order valence-corrected chi connectivity index (χ2v) is 7.33. The van der Waals surface area contributed by atoms with E-state index < -0.39 is 11.3 Å². The summed E-state index contributed by atoms with van der Waals surface area (Å²) in [5, 5.41) is 4.51. The molecule has 0 spiro atoms. The summed E-state index contributed by atoms with van der Waals surface area (Å²) in [7, 11) is 2.93. The van der Waals surface area contributed by atoms with Crippen LogP contribution in [0, 0.1) is 5.41 Å². The molecule has 0 aromatic carbocycles. The van der Waals surface area contributed by atoms with Gasteiger partial charge in [-0.3, -0.25) is 0 Å². The minimum atomic E-state index is -2.82. The smallest absolute Gasteiger partial charge is 0.319 e. The van der Waals surface area contributed by atoms with Gasteiger partial charge in [-0.25, -0.2) is 23.3 Å². The molecule has 28 heavy (non-hydrogen) atoms. The second-order valence-electron chi connectivity index (χ2n) is 7.33. The van der Waals surface area contributed by atoms with Crippen LogP contribution in [0.3, 0.4) is 0 Å². The van der Waals surface area contributed by atoms with E-state index in [4.69, 9.17) is 9.47 Å². The average Bonchev–Trinajstić information content (AvgIpc) is 3.21. The predicted molar refractivity (Wildman–Crippen MR) is 98.1 cm³/mol. The lowest BCUT2D eigenvalue weighted by molar-refractivity contribution is -0.0642. The Kier molecular flexibility index (Phi) is 4.09. The largest absolute Gasteiger partial charge is 0.480 e. The Labute approximate surface area is 160 Å². The fraction of sp³-hybridized carbons (Fsp3) is 0.444. The normalized spacial score (nSPS) is 17.9. The molecule has 0 atom stereocenters. The monoisotopic (exact) mass is 390 g/mol. The van der Waals surface area contributed by atoms with E-state index in [-0.39, 0.29) is 25.0 Å². The Morgan fingerprint density at radius 3 is 2.54 bits per heavy atom. The van der Waals surface area contributed by atoms with E-state index in [0.29, 0.717) is 22.6 Å². The Morgan fingerprint density at radius 2 is 1.89 bits per heavy atom. The summed E-state index contributed by atoms with van der Waals surface area (Å²) in [5.74, 6) is -2.54. The van der Waals surface area contributed by atoms with Crippen molar-refractivity contribution in [2.75, 3.05) is 32.2 Å². The molecule has 1 saturated heterocycles. The zero-order valence-electron chi connectivity index (χ0n) is 16.0. The number of ether oxygens (including phenoxy) is 2. The topological polar surface area (TPSA) is 77.7 Å². The van der Waals surface area contributed by atoms with Gasteiger partial charge in [-0.2, -0.15) is 10.1 Å². The van der Waals surface area contributed by atoms with Gasteiger partial charge in [-0.05, 0) is 6.07 Å². The summed E-state index contributed by atoms with van der Waals surface area (Å²) in [5.41, 5.74) is 0.920. The molecule has 0 N–H and O–H groups in total. The van der Waals surface area contributed by atoms with Crippen LogP contribution in [0.2, 0.25) is 0 Å². The van der Waals surface area contributed by atoms with Crippen molar-refractivity contribution in [1.29, 1.82) is 0 Å². The molecule has 148 valence electrons. The highest BCUT2D eigenvalue weighted by Gasteiger charge is 2.54. The van der Waals surface area contributed by atoms with Crippen LogP contribution in [0.4, 0.5) is 14.5 Å². The van der Waals surface area contributed by atoms with Gasteiger partial charge in [0.25, 0.3) is 5.92 Å². The number of rotatable bonds is 4. The molecule has 8 nitrogen and oxygen atoms in total. The molecule has 10 heteroatoms. The Balaban J connectivity index is 1.86. The van der Waals surface area contributed by atoms with E-state index in [2.05, 4.69) is 20.1 Å². The van der Waals surface area contributed by atoms with Crippen LogP contribution in [-0.4, -0.2) is 57.8 Å². The van der Waals surface area contributed by atoms with E-state index in [9.17, 15) is 8.78 Å². The van der Waals surface area contributed by atoms with E-state index in [1.807, 2.05) is 0 Å². The van der Waals surface area contributed by atoms with E-state index in [0.717, 1.165) is 0 Å². The molecule has 1 fully saturated rings. The Hall–Kier alpha value is -3.04. The van der Waals surface area contributed by atoms with E-state index >= 15 is 0 Å². The van der Waals surface area contributed by atoms with Crippen LogP contribution in [-0.2, 0) is 0 Å². The van der Waals surface area contributed by atoms with Crippen LogP contribution in [0.25, 0.3) is 16.9 Å². The summed E-state index contributed by atoms with van der Waals surface area (Å²) in [6, 6.07) is 1.87. The summed E-state index contributed by atoms with van der Waals surface area (Å²) >= 11 is 0. The lowest BCUT2D eigenvalue weighted by Crippen LogP contribution is -2.34. The Morgan fingerprint density at radius 1 is 1.11 bits per heavy atom. The minimum Gasteiger partial charge on any atom is -0.480 e. The first kappa shape index (κ1) is 18.3.